The zero-order chi connectivity index (χ0) is 17.0. The number of sulfonamides is 1. The third-order valence-electron chi connectivity index (χ3n) is 3.28. The number of nitriles is 1. The van der Waals surface area contributed by atoms with E-state index < -0.39 is 21.9 Å². The van der Waals surface area contributed by atoms with E-state index in [-0.39, 0.29) is 16.2 Å². The lowest BCUT2D eigenvalue weighted by Crippen LogP contribution is -2.27. The Hall–Kier alpha value is -2.43. The predicted molar refractivity (Wildman–Crippen MR) is 82.8 cm³/mol. The van der Waals surface area contributed by atoms with Gasteiger partial charge >= 0.3 is 0 Å². The number of nitrogens with zero attached hydrogens (tertiary/aromatic N) is 1. The van der Waals surface area contributed by atoms with Gasteiger partial charge in [-0.25, -0.2) is 17.5 Å². The molecular formula is C16H15FN2O3S. The number of nitrogens with one attached hydrogen (secondary N) is 1. The van der Waals surface area contributed by atoms with Gasteiger partial charge in [0.25, 0.3) is 0 Å². The van der Waals surface area contributed by atoms with E-state index in [2.05, 4.69) is 4.72 Å². The van der Waals surface area contributed by atoms with E-state index >= 15 is 0 Å². The number of ether oxygens (including phenoxy) is 1. The molecule has 0 aromatic heterocycles. The molecule has 0 fully saturated rings. The predicted octanol–water partition coefficient (Wildman–Crippen LogP) is 2.75. The third kappa shape index (κ3) is 3.86. The molecule has 5 nitrogen and oxygen atoms in total. The van der Waals surface area contributed by atoms with Crippen LogP contribution in [0.4, 0.5) is 4.39 Å². The molecule has 2 aromatic carbocycles. The Morgan fingerprint density at radius 1 is 1.26 bits per heavy atom. The van der Waals surface area contributed by atoms with Crippen LogP contribution in [0.25, 0.3) is 0 Å². The first kappa shape index (κ1) is 16.9. The summed E-state index contributed by atoms with van der Waals surface area (Å²) in [5.74, 6) is -0.479. The second-order valence-corrected chi connectivity index (χ2v) is 6.59. The first-order valence-electron chi connectivity index (χ1n) is 6.73. The maximum absolute atomic E-state index is 13.7. The van der Waals surface area contributed by atoms with Gasteiger partial charge in [-0.15, -0.1) is 0 Å². The van der Waals surface area contributed by atoms with E-state index in [1.807, 2.05) is 6.07 Å². The highest BCUT2D eigenvalue weighted by molar-refractivity contribution is 7.89. The van der Waals surface area contributed by atoms with Gasteiger partial charge in [0.15, 0.2) is 11.6 Å². The first-order chi connectivity index (χ1) is 10.9. The van der Waals surface area contributed by atoms with Crippen LogP contribution >= 0.6 is 0 Å². The van der Waals surface area contributed by atoms with Gasteiger partial charge in [0.1, 0.15) is 0 Å². The minimum atomic E-state index is -3.82. The summed E-state index contributed by atoms with van der Waals surface area (Å²) in [6.07, 6.45) is 0. The maximum Gasteiger partial charge on any atom is 0.241 e. The van der Waals surface area contributed by atoms with Crippen molar-refractivity contribution in [2.75, 3.05) is 7.11 Å². The summed E-state index contributed by atoms with van der Waals surface area (Å²) in [6, 6.07) is 11.2. The standard InChI is InChI=1S/C16H15FN2O3S/c1-11(13-6-7-16(22-2)15(17)9-13)19-23(20,21)14-5-3-4-12(8-14)10-18/h3-9,11,19H,1-2H3. The molecule has 0 saturated carbocycles. The first-order valence-corrected chi connectivity index (χ1v) is 8.21. The Morgan fingerprint density at radius 2 is 2.00 bits per heavy atom. The van der Waals surface area contributed by atoms with Crippen LogP contribution in [0.3, 0.4) is 0 Å². The largest absolute Gasteiger partial charge is 0.494 e. The van der Waals surface area contributed by atoms with Gasteiger partial charge < -0.3 is 4.74 Å². The Labute approximate surface area is 134 Å². The number of benzene rings is 2. The Kier molecular flexibility index (Phi) is 4.98. The van der Waals surface area contributed by atoms with E-state index in [0.717, 1.165) is 0 Å². The Morgan fingerprint density at radius 3 is 2.61 bits per heavy atom. The number of methoxy groups -OCH3 is 1. The lowest BCUT2D eigenvalue weighted by molar-refractivity contribution is 0.386. The van der Waals surface area contributed by atoms with Crippen molar-refractivity contribution in [3.05, 3.63) is 59.4 Å². The topological polar surface area (TPSA) is 79.2 Å². The van der Waals surface area contributed by atoms with Gasteiger partial charge in [0, 0.05) is 6.04 Å². The fraction of sp³-hybridized carbons (Fsp3) is 0.188. The summed E-state index contributed by atoms with van der Waals surface area (Å²) in [4.78, 5) is -0.0163. The van der Waals surface area contributed by atoms with Crippen LogP contribution in [0.5, 0.6) is 5.75 Å². The van der Waals surface area contributed by atoms with E-state index in [1.54, 1.807) is 13.0 Å². The molecule has 0 spiro atoms. The normalized spacial score (nSPS) is 12.4. The molecule has 0 radical (unpaired) electrons. The molecular weight excluding hydrogens is 319 g/mol. The van der Waals surface area contributed by atoms with Crippen LogP contribution in [-0.2, 0) is 10.0 Å². The summed E-state index contributed by atoms with van der Waals surface area (Å²) in [5, 5.41) is 8.85. The SMILES string of the molecule is COc1ccc(C(C)NS(=O)(=O)c2cccc(C#N)c2)cc1F. The van der Waals surface area contributed by atoms with Crippen LogP contribution in [0.1, 0.15) is 24.1 Å². The molecule has 0 aliphatic heterocycles. The van der Waals surface area contributed by atoms with Gasteiger partial charge in [-0.1, -0.05) is 12.1 Å². The average Bonchev–Trinajstić information content (AvgIpc) is 2.54. The fourth-order valence-corrected chi connectivity index (χ4v) is 3.33. The molecule has 0 aliphatic carbocycles. The highest BCUT2D eigenvalue weighted by Gasteiger charge is 2.19. The van der Waals surface area contributed by atoms with Crippen molar-refractivity contribution >= 4 is 10.0 Å². The average molecular weight is 334 g/mol. The molecule has 0 bridgehead atoms. The maximum atomic E-state index is 13.7. The van der Waals surface area contributed by atoms with Crippen LogP contribution in [0, 0.1) is 17.1 Å². The number of halogens is 1. The van der Waals surface area contributed by atoms with Crippen LogP contribution in [-0.4, -0.2) is 15.5 Å². The highest BCUT2D eigenvalue weighted by Crippen LogP contribution is 2.23. The van der Waals surface area contributed by atoms with Gasteiger partial charge in [-0.05, 0) is 42.8 Å². The molecule has 0 aliphatic rings. The minimum Gasteiger partial charge on any atom is -0.494 e. The number of hydrogen-bond donors (Lipinski definition) is 1. The molecule has 120 valence electrons. The Bertz CT molecular complexity index is 860. The van der Waals surface area contributed by atoms with E-state index in [9.17, 15) is 12.8 Å². The van der Waals surface area contributed by atoms with E-state index in [4.69, 9.17) is 10.00 Å². The van der Waals surface area contributed by atoms with Gasteiger partial charge in [-0.2, -0.15) is 5.26 Å². The van der Waals surface area contributed by atoms with Gasteiger partial charge in [-0.3, -0.25) is 0 Å². The number of hydrogen-bond acceptors (Lipinski definition) is 4. The second kappa shape index (κ2) is 6.77. The molecule has 1 unspecified atom stereocenters. The molecule has 0 amide bonds. The molecule has 2 aromatic rings. The molecule has 1 N–H and O–H groups in total. The highest BCUT2D eigenvalue weighted by atomic mass is 32.2. The molecule has 23 heavy (non-hydrogen) atoms. The zero-order valence-corrected chi connectivity index (χ0v) is 13.4. The monoisotopic (exact) mass is 334 g/mol. The zero-order valence-electron chi connectivity index (χ0n) is 12.6. The molecule has 7 heteroatoms. The van der Waals surface area contributed by atoms with Crippen molar-refractivity contribution in [2.24, 2.45) is 0 Å². The second-order valence-electron chi connectivity index (χ2n) is 4.88. The van der Waals surface area contributed by atoms with Crippen molar-refractivity contribution < 1.29 is 17.5 Å². The number of rotatable bonds is 5. The van der Waals surface area contributed by atoms with Crippen molar-refractivity contribution in [3.63, 3.8) is 0 Å². The summed E-state index contributed by atoms with van der Waals surface area (Å²) in [6.45, 7) is 1.60. The lowest BCUT2D eigenvalue weighted by atomic mass is 10.1. The molecule has 1 atom stereocenters. The van der Waals surface area contributed by atoms with Crippen LogP contribution < -0.4 is 9.46 Å². The lowest BCUT2D eigenvalue weighted by Gasteiger charge is -2.15. The van der Waals surface area contributed by atoms with Crippen molar-refractivity contribution in [1.29, 1.82) is 5.26 Å². The smallest absolute Gasteiger partial charge is 0.241 e. The summed E-state index contributed by atoms with van der Waals surface area (Å²) >= 11 is 0. The Balaban J connectivity index is 2.26. The van der Waals surface area contributed by atoms with Crippen LogP contribution in [0.2, 0.25) is 0 Å². The van der Waals surface area contributed by atoms with Gasteiger partial charge in [0.2, 0.25) is 10.0 Å². The summed E-state index contributed by atoms with van der Waals surface area (Å²) < 4.78 is 45.7. The van der Waals surface area contributed by atoms with Crippen LogP contribution in [0.15, 0.2) is 47.4 Å². The van der Waals surface area contributed by atoms with E-state index in [1.165, 1.54) is 43.5 Å². The van der Waals surface area contributed by atoms with Gasteiger partial charge in [0.05, 0.1) is 23.6 Å². The quantitative estimate of drug-likeness (QED) is 0.912. The molecule has 0 saturated heterocycles. The van der Waals surface area contributed by atoms with Crippen molar-refractivity contribution in [2.45, 2.75) is 17.9 Å². The van der Waals surface area contributed by atoms with E-state index in [0.29, 0.717) is 5.56 Å². The minimum absolute atomic E-state index is 0.0163. The fourth-order valence-electron chi connectivity index (χ4n) is 2.05. The third-order valence-corrected chi connectivity index (χ3v) is 4.82. The summed E-state index contributed by atoms with van der Waals surface area (Å²) in [7, 11) is -2.47. The summed E-state index contributed by atoms with van der Waals surface area (Å²) in [5.41, 5.74) is 0.708. The van der Waals surface area contributed by atoms with Crippen molar-refractivity contribution in [1.82, 2.24) is 4.72 Å². The molecule has 0 heterocycles. The molecule has 2 rings (SSSR count). The van der Waals surface area contributed by atoms with Crippen molar-refractivity contribution in [3.8, 4) is 11.8 Å².